The zero-order valence-corrected chi connectivity index (χ0v) is 18.2. The van der Waals surface area contributed by atoms with Gasteiger partial charge in [0.2, 0.25) is 0 Å². The smallest absolute Gasteiger partial charge is 0.332 e. The second-order valence-electron chi connectivity index (χ2n) is 7.89. The van der Waals surface area contributed by atoms with Crippen LogP contribution in [0.3, 0.4) is 0 Å². The lowest BCUT2D eigenvalue weighted by Crippen LogP contribution is -2.43. The van der Waals surface area contributed by atoms with E-state index in [2.05, 4.69) is 10.6 Å². The normalized spacial score (nSPS) is 15.2. The van der Waals surface area contributed by atoms with Crippen molar-refractivity contribution in [1.29, 1.82) is 0 Å². The summed E-state index contributed by atoms with van der Waals surface area (Å²) < 4.78 is 16.0. The number of carbonyl (C=O) groups excluding carboxylic acids is 1. The minimum Gasteiger partial charge on any atom is -0.344 e. The van der Waals surface area contributed by atoms with Gasteiger partial charge in [-0.1, -0.05) is 30.3 Å². The van der Waals surface area contributed by atoms with Gasteiger partial charge in [-0.2, -0.15) is 0 Å². The molecule has 0 unspecified atom stereocenters. The highest BCUT2D eigenvalue weighted by molar-refractivity contribution is 6.07. The van der Waals surface area contributed by atoms with Gasteiger partial charge in [-0.05, 0) is 43.2 Å². The molecule has 2 heterocycles. The lowest BCUT2D eigenvalue weighted by Gasteiger charge is -2.31. The van der Waals surface area contributed by atoms with E-state index in [4.69, 9.17) is 0 Å². The molecule has 0 fully saturated rings. The summed E-state index contributed by atoms with van der Waals surface area (Å²) in [7, 11) is 2.95. The maximum Gasteiger partial charge on any atom is 0.332 e. The van der Waals surface area contributed by atoms with E-state index in [1.54, 1.807) is 32.2 Å². The third-order valence-electron chi connectivity index (χ3n) is 5.83. The molecule has 4 rings (SSSR count). The number of para-hydroxylation sites is 1. The van der Waals surface area contributed by atoms with Gasteiger partial charge in [0, 0.05) is 31.1 Å². The Labute approximate surface area is 183 Å². The van der Waals surface area contributed by atoms with Gasteiger partial charge >= 0.3 is 5.69 Å². The third kappa shape index (κ3) is 3.43. The van der Waals surface area contributed by atoms with Crippen LogP contribution in [0.4, 0.5) is 15.9 Å². The number of halogens is 1. The van der Waals surface area contributed by atoms with E-state index in [9.17, 15) is 18.8 Å². The Balaban J connectivity index is 1.94. The number of hydrogen-bond donors (Lipinski definition) is 2. The summed E-state index contributed by atoms with van der Waals surface area (Å²) in [5.41, 5.74) is 2.18. The van der Waals surface area contributed by atoms with E-state index in [0.717, 1.165) is 10.1 Å². The molecule has 1 aromatic heterocycles. The van der Waals surface area contributed by atoms with Gasteiger partial charge in [-0.15, -0.1) is 0 Å². The summed E-state index contributed by atoms with van der Waals surface area (Å²) >= 11 is 0. The highest BCUT2D eigenvalue weighted by Gasteiger charge is 2.36. The number of fused-ring (bicyclic) bond motifs is 1. The van der Waals surface area contributed by atoms with Crippen molar-refractivity contribution in [2.75, 3.05) is 10.6 Å². The molecule has 1 aliphatic rings. The van der Waals surface area contributed by atoms with Gasteiger partial charge in [0.25, 0.3) is 11.5 Å². The standard InChI is InChI=1S/C24H23FN4O3/c1-13-7-5-6-8-17(13)27-22(30)18-14(2)26-21-20(23(31)29(4)24(32)28(21)3)19(18)15-9-11-16(25)12-10-15/h5-12,19,26H,1-4H3,(H,27,30)/t19-/m1/s1. The first-order valence-electron chi connectivity index (χ1n) is 10.1. The first-order valence-corrected chi connectivity index (χ1v) is 10.1. The van der Waals surface area contributed by atoms with Gasteiger partial charge in [0.1, 0.15) is 11.6 Å². The summed E-state index contributed by atoms with van der Waals surface area (Å²) in [6.45, 7) is 3.60. The van der Waals surface area contributed by atoms with Crippen molar-refractivity contribution >= 4 is 17.4 Å². The Morgan fingerprint density at radius 3 is 2.31 bits per heavy atom. The Kier molecular flexibility index (Phi) is 5.30. The number of allylic oxidation sites excluding steroid dienone is 1. The minimum atomic E-state index is -0.790. The van der Waals surface area contributed by atoms with Crippen LogP contribution < -0.4 is 21.9 Å². The van der Waals surface area contributed by atoms with Crippen LogP contribution in [0.5, 0.6) is 0 Å². The fourth-order valence-electron chi connectivity index (χ4n) is 4.08. The Morgan fingerprint density at radius 2 is 1.66 bits per heavy atom. The lowest BCUT2D eigenvalue weighted by molar-refractivity contribution is -0.113. The molecule has 1 atom stereocenters. The largest absolute Gasteiger partial charge is 0.344 e. The number of aryl methyl sites for hydroxylation is 1. The van der Waals surface area contributed by atoms with Crippen LogP contribution in [-0.2, 0) is 18.9 Å². The minimum absolute atomic E-state index is 0.252. The molecule has 32 heavy (non-hydrogen) atoms. The molecular weight excluding hydrogens is 411 g/mol. The fraction of sp³-hybridized carbons (Fsp3) is 0.208. The van der Waals surface area contributed by atoms with Crippen LogP contribution in [0.2, 0.25) is 0 Å². The second kappa shape index (κ2) is 7.96. The predicted molar refractivity (Wildman–Crippen MR) is 121 cm³/mol. The summed E-state index contributed by atoms with van der Waals surface area (Å²) in [6, 6.07) is 13.0. The van der Waals surface area contributed by atoms with Crippen molar-refractivity contribution in [2.24, 2.45) is 14.1 Å². The molecule has 0 radical (unpaired) electrons. The summed E-state index contributed by atoms with van der Waals surface area (Å²) in [4.78, 5) is 39.2. The molecule has 7 nitrogen and oxygen atoms in total. The maximum absolute atomic E-state index is 13.7. The van der Waals surface area contributed by atoms with Crippen molar-refractivity contribution < 1.29 is 9.18 Å². The number of anilines is 2. The van der Waals surface area contributed by atoms with Crippen molar-refractivity contribution in [3.05, 3.63) is 103 Å². The summed E-state index contributed by atoms with van der Waals surface area (Å²) in [5, 5.41) is 6.00. The molecule has 3 aromatic rings. The van der Waals surface area contributed by atoms with Gasteiger partial charge < -0.3 is 10.6 Å². The van der Waals surface area contributed by atoms with Gasteiger partial charge in [0.05, 0.1) is 11.5 Å². The molecule has 2 aromatic carbocycles. The third-order valence-corrected chi connectivity index (χ3v) is 5.83. The van der Waals surface area contributed by atoms with Gasteiger partial charge in [-0.3, -0.25) is 18.7 Å². The van der Waals surface area contributed by atoms with Crippen molar-refractivity contribution in [3.63, 3.8) is 0 Å². The number of nitrogens with zero attached hydrogens (tertiary/aromatic N) is 2. The van der Waals surface area contributed by atoms with Crippen LogP contribution >= 0.6 is 0 Å². The Hall–Kier alpha value is -3.94. The molecule has 0 spiro atoms. The molecular formula is C24H23FN4O3. The monoisotopic (exact) mass is 434 g/mol. The number of rotatable bonds is 3. The van der Waals surface area contributed by atoms with Crippen LogP contribution in [-0.4, -0.2) is 15.0 Å². The van der Waals surface area contributed by atoms with Crippen LogP contribution in [0.1, 0.15) is 29.5 Å². The zero-order chi connectivity index (χ0) is 23.2. The van der Waals surface area contributed by atoms with Crippen molar-refractivity contribution in [3.8, 4) is 0 Å². The van der Waals surface area contributed by atoms with E-state index in [0.29, 0.717) is 28.3 Å². The fourth-order valence-corrected chi connectivity index (χ4v) is 4.08. The summed E-state index contributed by atoms with van der Waals surface area (Å²) in [6.07, 6.45) is 0. The first kappa shape index (κ1) is 21.3. The number of amides is 1. The lowest BCUT2D eigenvalue weighted by atomic mass is 9.81. The quantitative estimate of drug-likeness (QED) is 0.664. The summed E-state index contributed by atoms with van der Waals surface area (Å²) in [5.74, 6) is -1.29. The molecule has 0 saturated heterocycles. The highest BCUT2D eigenvalue weighted by atomic mass is 19.1. The van der Waals surface area contributed by atoms with E-state index in [-0.39, 0.29) is 11.5 Å². The van der Waals surface area contributed by atoms with Crippen LogP contribution in [0.15, 0.2) is 69.4 Å². The van der Waals surface area contributed by atoms with Crippen molar-refractivity contribution in [2.45, 2.75) is 19.8 Å². The molecule has 0 saturated carbocycles. The van der Waals surface area contributed by atoms with Crippen LogP contribution in [0, 0.1) is 12.7 Å². The zero-order valence-electron chi connectivity index (χ0n) is 18.2. The molecule has 8 heteroatoms. The number of carbonyl (C=O) groups is 1. The number of aromatic nitrogens is 2. The Bertz CT molecular complexity index is 1380. The molecule has 1 aliphatic heterocycles. The number of hydrogen-bond acceptors (Lipinski definition) is 4. The van der Waals surface area contributed by atoms with E-state index >= 15 is 0 Å². The highest BCUT2D eigenvalue weighted by Crippen LogP contribution is 2.40. The predicted octanol–water partition coefficient (Wildman–Crippen LogP) is 3.00. The average Bonchev–Trinajstić information content (AvgIpc) is 2.77. The average molecular weight is 434 g/mol. The van der Waals surface area contributed by atoms with Crippen LogP contribution in [0.25, 0.3) is 0 Å². The Morgan fingerprint density at radius 1 is 1.00 bits per heavy atom. The molecule has 2 N–H and O–H groups in total. The second-order valence-corrected chi connectivity index (χ2v) is 7.89. The van der Waals surface area contributed by atoms with Gasteiger partial charge in [0.15, 0.2) is 0 Å². The maximum atomic E-state index is 13.7. The van der Waals surface area contributed by atoms with Crippen molar-refractivity contribution in [1.82, 2.24) is 9.13 Å². The molecule has 0 bridgehead atoms. The molecule has 0 aliphatic carbocycles. The number of nitrogens with one attached hydrogen (secondary N) is 2. The van der Waals surface area contributed by atoms with Gasteiger partial charge in [-0.25, -0.2) is 9.18 Å². The molecule has 1 amide bonds. The van der Waals surface area contributed by atoms with E-state index in [1.807, 2.05) is 25.1 Å². The van der Waals surface area contributed by atoms with E-state index < -0.39 is 23.0 Å². The SMILES string of the molecule is CC1=C(C(=O)Nc2ccccc2C)[C@@H](c2ccc(F)cc2)c2c(n(C)c(=O)n(C)c2=O)N1. The molecule has 164 valence electrons. The first-order chi connectivity index (χ1) is 15.2. The number of benzene rings is 2. The topological polar surface area (TPSA) is 85.1 Å². The van der Waals surface area contributed by atoms with E-state index in [1.165, 1.54) is 23.7 Å².